The van der Waals surface area contributed by atoms with Gasteiger partial charge in [-0.3, -0.25) is 14.4 Å². The summed E-state index contributed by atoms with van der Waals surface area (Å²) in [7, 11) is 0. The van der Waals surface area contributed by atoms with E-state index in [0.717, 1.165) is 13.0 Å². The van der Waals surface area contributed by atoms with Crippen molar-refractivity contribution in [1.29, 1.82) is 0 Å². The van der Waals surface area contributed by atoms with E-state index in [1.807, 2.05) is 0 Å². The highest BCUT2D eigenvalue weighted by Gasteiger charge is 2.79. The molecule has 4 aliphatic rings. The summed E-state index contributed by atoms with van der Waals surface area (Å²) < 4.78 is 42.5. The Kier molecular flexibility index (Phi) is 16.3. The highest BCUT2D eigenvalue weighted by molar-refractivity contribution is 6.68. The van der Waals surface area contributed by atoms with Gasteiger partial charge in [-0.2, -0.15) is 0 Å². The van der Waals surface area contributed by atoms with E-state index in [-0.39, 0.29) is 22.5 Å². The lowest BCUT2D eigenvalue weighted by atomic mass is 9.44. The highest BCUT2D eigenvalue weighted by Crippen LogP contribution is 2.65. The number of benzene rings is 3. The van der Waals surface area contributed by atoms with Crippen molar-refractivity contribution in [2.24, 2.45) is 16.7 Å². The Morgan fingerprint density at radius 2 is 1.30 bits per heavy atom. The molecule has 3 aromatic carbocycles. The van der Waals surface area contributed by atoms with E-state index < -0.39 is 135 Å². The Hall–Kier alpha value is -4.91. The second-order valence-electron chi connectivity index (χ2n) is 18.7. The van der Waals surface area contributed by atoms with Crippen LogP contribution in [-0.4, -0.2) is 116 Å². The molecule has 73 heavy (non-hydrogen) atoms. The quantitative estimate of drug-likeness (QED) is 0.0446. The smallest absolute Gasteiger partial charge is 0.455 e. The van der Waals surface area contributed by atoms with Gasteiger partial charge in [-0.05, 0) is 48.8 Å². The second-order valence-corrected chi connectivity index (χ2v) is 23.8. The highest BCUT2D eigenvalue weighted by atomic mass is 35.6. The summed E-state index contributed by atoms with van der Waals surface area (Å²) in [4.78, 5) is 98.4. The standard InChI is InChI=1S/C51H48Cl6O16/c1-27-33(69-36(59)21-18-29-16-19-31(20-17-29)38(60)30-12-8-6-9-13-30)23-49(65)42(72-43(62)32-14-10-7-11-15-32)40-47(5,41(61)39(37(27)46(49,3)4)71-45(64)68-26-51(55,56)57)34(70-44(63)67-25-50(52,53)54)22-35-48(40,24-66-35)73-28(2)58/h6-21,33-35,39-40,42,65H,22-26H2,1-5H3/b21-18+/t33-,34-,35+,39+,40-,42-,47+,48-,49+/m0/s1. The molecule has 390 valence electrons. The maximum Gasteiger partial charge on any atom is 0.509 e. The van der Waals surface area contributed by atoms with Gasteiger partial charge in [0.2, 0.25) is 7.59 Å². The first-order chi connectivity index (χ1) is 34.1. The number of alkyl halides is 6. The van der Waals surface area contributed by atoms with Crippen LogP contribution in [0, 0.1) is 16.7 Å². The number of hydrogen-bond donors (Lipinski definition) is 1. The molecule has 0 unspecified atom stereocenters. The summed E-state index contributed by atoms with van der Waals surface area (Å²) in [6, 6.07) is 22.7. The molecule has 7 rings (SSSR count). The number of carbonyl (C=O) groups is 7. The maximum absolute atomic E-state index is 16.2. The van der Waals surface area contributed by atoms with Gasteiger partial charge in [0.15, 0.2) is 23.3 Å². The minimum atomic E-state index is -2.52. The number of hydrogen-bond acceptors (Lipinski definition) is 16. The van der Waals surface area contributed by atoms with Crippen LogP contribution in [0.3, 0.4) is 0 Å². The molecule has 1 saturated heterocycles. The number of esters is 3. The van der Waals surface area contributed by atoms with Crippen molar-refractivity contribution in [3.8, 4) is 0 Å². The van der Waals surface area contributed by atoms with Crippen LogP contribution in [0.4, 0.5) is 9.59 Å². The monoisotopic (exact) mass is 1130 g/mol. The fraction of sp³-hybridized carbons (Fsp3) is 0.431. The number of fused-ring (bicyclic) bond motifs is 5. The molecule has 3 fully saturated rings. The number of ether oxygens (including phenoxy) is 8. The van der Waals surface area contributed by atoms with Crippen LogP contribution >= 0.6 is 69.6 Å². The Labute approximate surface area is 449 Å². The zero-order valence-electron chi connectivity index (χ0n) is 39.6. The zero-order valence-corrected chi connectivity index (χ0v) is 44.1. The molecule has 1 aliphatic heterocycles. The lowest BCUT2D eigenvalue weighted by Gasteiger charge is -2.67. The molecule has 16 nitrogen and oxygen atoms in total. The lowest BCUT2D eigenvalue weighted by molar-refractivity contribution is -0.346. The molecular weight excluding hydrogens is 1080 g/mol. The number of halogens is 6. The minimum Gasteiger partial charge on any atom is -0.455 e. The van der Waals surface area contributed by atoms with E-state index in [4.69, 9.17) is 108 Å². The molecule has 2 saturated carbocycles. The third-order valence-electron chi connectivity index (χ3n) is 13.9. The largest absolute Gasteiger partial charge is 0.509 e. The first-order valence-corrected chi connectivity index (χ1v) is 24.8. The molecule has 9 atom stereocenters. The van der Waals surface area contributed by atoms with E-state index in [1.165, 1.54) is 45.9 Å². The maximum atomic E-state index is 16.2. The fourth-order valence-corrected chi connectivity index (χ4v) is 10.7. The van der Waals surface area contributed by atoms with Crippen molar-refractivity contribution in [3.63, 3.8) is 0 Å². The van der Waals surface area contributed by atoms with Crippen molar-refractivity contribution in [2.45, 2.75) is 96.8 Å². The van der Waals surface area contributed by atoms with Crippen molar-refractivity contribution < 1.29 is 76.6 Å². The van der Waals surface area contributed by atoms with Gasteiger partial charge in [-0.15, -0.1) is 0 Å². The summed E-state index contributed by atoms with van der Waals surface area (Å²) in [5, 5.41) is 13.9. The summed E-state index contributed by atoms with van der Waals surface area (Å²) >= 11 is 35.4. The molecule has 0 aromatic heterocycles. The minimum absolute atomic E-state index is 0.00734. The van der Waals surface area contributed by atoms with Gasteiger partial charge in [0.1, 0.15) is 43.2 Å². The van der Waals surface area contributed by atoms with E-state index in [2.05, 4.69) is 0 Å². The van der Waals surface area contributed by atoms with Crippen LogP contribution in [0.2, 0.25) is 0 Å². The van der Waals surface area contributed by atoms with Crippen LogP contribution in [0.25, 0.3) is 6.08 Å². The number of ketones is 2. The van der Waals surface area contributed by atoms with E-state index in [9.17, 15) is 33.9 Å². The summed E-state index contributed by atoms with van der Waals surface area (Å²) in [6.45, 7) is 4.69. The van der Waals surface area contributed by atoms with Gasteiger partial charge in [0.25, 0.3) is 0 Å². The number of rotatable bonds is 12. The predicted octanol–water partition coefficient (Wildman–Crippen LogP) is 9.64. The van der Waals surface area contributed by atoms with E-state index in [0.29, 0.717) is 16.7 Å². The average Bonchev–Trinajstić information content (AvgIpc) is 3.32. The molecule has 0 amide bonds. The van der Waals surface area contributed by atoms with Gasteiger partial charge < -0.3 is 43.0 Å². The molecule has 3 aromatic rings. The molecule has 1 N–H and O–H groups in total. The molecular formula is C51H48Cl6O16. The molecule has 1 heterocycles. The number of aliphatic hydroxyl groups is 1. The van der Waals surface area contributed by atoms with Crippen molar-refractivity contribution in [3.05, 3.63) is 124 Å². The molecule has 3 aliphatic carbocycles. The van der Waals surface area contributed by atoms with Crippen molar-refractivity contribution in [2.75, 3.05) is 19.8 Å². The normalized spacial score (nSPS) is 28.4. The molecule has 2 bridgehead atoms. The first kappa shape index (κ1) is 55.8. The Morgan fingerprint density at radius 1 is 0.753 bits per heavy atom. The van der Waals surface area contributed by atoms with E-state index >= 15 is 4.79 Å². The SMILES string of the molecule is CC(=O)O[C@@]12CO[C@@H]1C[C@H](OC(=O)OCC(Cl)(Cl)Cl)[C@@]1(C)C(=O)[C@H](OC(=O)OCC(Cl)(Cl)Cl)C3=C(C)[C@@H](OC(=O)/C=C/c4ccc(C(=O)c5ccccc5)cc4)C[C@@](O)([C@@H](OC(=O)c4ccccc4)[C@H]21)C3(C)C. The summed E-state index contributed by atoms with van der Waals surface area (Å²) in [5.74, 6) is -5.92. The van der Waals surface area contributed by atoms with Gasteiger partial charge in [0, 0.05) is 42.4 Å². The van der Waals surface area contributed by atoms with Crippen molar-refractivity contribution >= 4 is 117 Å². The topological polar surface area (TPSA) is 214 Å². The van der Waals surface area contributed by atoms with E-state index in [1.54, 1.807) is 72.8 Å². The zero-order chi connectivity index (χ0) is 53.5. The molecule has 0 radical (unpaired) electrons. The fourth-order valence-electron chi connectivity index (χ4n) is 10.4. The molecule has 22 heteroatoms. The third-order valence-corrected chi connectivity index (χ3v) is 14.6. The van der Waals surface area contributed by atoms with Crippen LogP contribution in [0.1, 0.15) is 79.3 Å². The van der Waals surface area contributed by atoms with Gasteiger partial charge in [-0.1, -0.05) is 156 Å². The summed E-state index contributed by atoms with van der Waals surface area (Å²) in [5.41, 5.74) is -7.37. The lowest BCUT2D eigenvalue weighted by Crippen LogP contribution is -2.82. The predicted molar refractivity (Wildman–Crippen MR) is 265 cm³/mol. The Bertz CT molecular complexity index is 2700. The van der Waals surface area contributed by atoms with Gasteiger partial charge in [0.05, 0.1) is 23.5 Å². The molecule has 0 spiro atoms. The van der Waals surface area contributed by atoms with Gasteiger partial charge in [-0.25, -0.2) is 19.2 Å². The first-order valence-electron chi connectivity index (χ1n) is 22.5. The number of carbonyl (C=O) groups excluding carboxylic acids is 7. The van der Waals surface area contributed by atoms with Crippen LogP contribution in [0.15, 0.2) is 102 Å². The van der Waals surface area contributed by atoms with Crippen molar-refractivity contribution in [1.82, 2.24) is 0 Å². The van der Waals surface area contributed by atoms with Crippen LogP contribution in [0.5, 0.6) is 0 Å². The van der Waals surface area contributed by atoms with Crippen LogP contribution in [-0.2, 0) is 52.3 Å². The Balaban J connectivity index is 1.39. The average molecular weight is 1130 g/mol. The second kappa shape index (κ2) is 21.4. The van der Waals surface area contributed by atoms with Crippen LogP contribution < -0.4 is 0 Å². The third kappa shape index (κ3) is 11.5. The number of Topliss-reactive ketones (excluding diaryl/α,β-unsaturated/α-hetero) is 1. The summed E-state index contributed by atoms with van der Waals surface area (Å²) in [6.07, 6.45) is -10.0. The Morgan fingerprint density at radius 3 is 1.84 bits per heavy atom. The van der Waals surface area contributed by atoms with Gasteiger partial charge >= 0.3 is 30.2 Å².